The number of benzene rings is 1. The largest absolute Gasteiger partial charge is 0.339 e. The van der Waals surface area contributed by atoms with Crippen LogP contribution in [-0.2, 0) is 9.59 Å². The van der Waals surface area contributed by atoms with Gasteiger partial charge in [-0.1, -0.05) is 12.1 Å². The molecule has 2 aliphatic heterocycles. The molecule has 0 aliphatic carbocycles. The first-order valence-corrected chi connectivity index (χ1v) is 10.6. The standard InChI is InChI=1S/C20H26N4O2S/c1-15(25)23-9-11-24(12-10-23)19(26)14-22-8-4-5-16(13-22)20-21-17-6-2-3-7-18(17)27-20/h2-3,6-7,16H,4-5,8-14H2,1H3/p+1/t16-/m0/s1. The van der Waals surface area contributed by atoms with Crippen molar-refractivity contribution in [2.45, 2.75) is 25.7 Å². The van der Waals surface area contributed by atoms with E-state index >= 15 is 0 Å². The van der Waals surface area contributed by atoms with Crippen LogP contribution < -0.4 is 4.90 Å². The summed E-state index contributed by atoms with van der Waals surface area (Å²) in [6, 6.07) is 8.31. The predicted octanol–water partition coefficient (Wildman–Crippen LogP) is 0.749. The zero-order chi connectivity index (χ0) is 18.8. The number of carbonyl (C=O) groups excluding carboxylic acids is 2. The summed E-state index contributed by atoms with van der Waals surface area (Å²) in [6.45, 7) is 6.83. The van der Waals surface area contributed by atoms with Gasteiger partial charge in [0.25, 0.3) is 5.91 Å². The molecular weight excluding hydrogens is 360 g/mol. The summed E-state index contributed by atoms with van der Waals surface area (Å²) >= 11 is 1.80. The molecule has 0 radical (unpaired) electrons. The molecule has 4 rings (SSSR count). The highest BCUT2D eigenvalue weighted by Crippen LogP contribution is 2.30. The van der Waals surface area contributed by atoms with E-state index < -0.39 is 0 Å². The highest BCUT2D eigenvalue weighted by atomic mass is 32.1. The molecule has 0 spiro atoms. The first kappa shape index (κ1) is 18.4. The van der Waals surface area contributed by atoms with Gasteiger partial charge in [0.1, 0.15) is 5.01 Å². The molecule has 0 saturated carbocycles. The van der Waals surface area contributed by atoms with Crippen LogP contribution in [0.3, 0.4) is 0 Å². The number of para-hydroxylation sites is 1. The van der Waals surface area contributed by atoms with Gasteiger partial charge in [0.05, 0.1) is 29.2 Å². The lowest BCUT2D eigenvalue weighted by molar-refractivity contribution is -0.898. The van der Waals surface area contributed by atoms with E-state index in [0.717, 1.165) is 31.4 Å². The van der Waals surface area contributed by atoms with Crippen LogP contribution in [0.2, 0.25) is 0 Å². The first-order valence-electron chi connectivity index (χ1n) is 9.82. The van der Waals surface area contributed by atoms with Crippen LogP contribution in [-0.4, -0.2) is 72.4 Å². The second-order valence-corrected chi connectivity index (χ2v) is 8.69. The Balaban J connectivity index is 1.34. The molecule has 2 saturated heterocycles. The van der Waals surface area contributed by atoms with Crippen molar-refractivity contribution in [1.29, 1.82) is 0 Å². The summed E-state index contributed by atoms with van der Waals surface area (Å²) in [5.74, 6) is 0.772. The number of quaternary nitrogens is 1. The van der Waals surface area contributed by atoms with Crippen LogP contribution in [0, 0.1) is 0 Å². The van der Waals surface area contributed by atoms with Gasteiger partial charge in [-0.2, -0.15) is 0 Å². The molecule has 2 atom stereocenters. The predicted molar refractivity (Wildman–Crippen MR) is 106 cm³/mol. The lowest BCUT2D eigenvalue weighted by Crippen LogP contribution is -3.14. The van der Waals surface area contributed by atoms with Crippen molar-refractivity contribution in [3.8, 4) is 0 Å². The first-order chi connectivity index (χ1) is 13.1. The molecule has 6 nitrogen and oxygen atoms in total. The van der Waals surface area contributed by atoms with Crippen LogP contribution in [0.1, 0.15) is 30.7 Å². The quantitative estimate of drug-likeness (QED) is 0.846. The highest BCUT2D eigenvalue weighted by Gasteiger charge is 2.30. The van der Waals surface area contributed by atoms with E-state index in [2.05, 4.69) is 18.2 Å². The van der Waals surface area contributed by atoms with Crippen molar-refractivity contribution in [2.24, 2.45) is 0 Å². The van der Waals surface area contributed by atoms with Crippen LogP contribution in [0.25, 0.3) is 10.2 Å². The Morgan fingerprint density at radius 2 is 1.93 bits per heavy atom. The third kappa shape index (κ3) is 4.14. The lowest BCUT2D eigenvalue weighted by Gasteiger charge is -2.35. The molecule has 27 heavy (non-hydrogen) atoms. The molecule has 1 aromatic carbocycles. The normalized spacial score (nSPS) is 23.6. The van der Waals surface area contributed by atoms with E-state index in [1.807, 2.05) is 15.9 Å². The number of thiazole rings is 1. The number of carbonyl (C=O) groups is 2. The average Bonchev–Trinajstić information content (AvgIpc) is 3.12. The number of piperazine rings is 1. The lowest BCUT2D eigenvalue weighted by atomic mass is 9.98. The fourth-order valence-corrected chi connectivity index (χ4v) is 5.29. The third-order valence-corrected chi connectivity index (χ3v) is 6.96. The van der Waals surface area contributed by atoms with Crippen molar-refractivity contribution in [2.75, 3.05) is 45.8 Å². The van der Waals surface area contributed by atoms with Gasteiger partial charge in [0.2, 0.25) is 5.91 Å². The molecule has 7 heteroatoms. The second kappa shape index (κ2) is 7.94. The molecule has 1 unspecified atom stereocenters. The van der Waals surface area contributed by atoms with Crippen molar-refractivity contribution in [3.05, 3.63) is 29.3 Å². The van der Waals surface area contributed by atoms with Crippen LogP contribution in [0.5, 0.6) is 0 Å². The topological polar surface area (TPSA) is 58.0 Å². The van der Waals surface area contributed by atoms with Gasteiger partial charge in [-0.15, -0.1) is 11.3 Å². The smallest absolute Gasteiger partial charge is 0.277 e. The van der Waals surface area contributed by atoms with E-state index in [9.17, 15) is 9.59 Å². The Hall–Kier alpha value is -1.99. The number of amides is 2. The SMILES string of the molecule is CC(=O)N1CCN(C(=O)C[NH+]2CCC[C@H](c3nc4ccccc4s3)C2)CC1. The molecule has 2 aliphatic rings. The van der Waals surface area contributed by atoms with Gasteiger partial charge in [-0.25, -0.2) is 4.98 Å². The Labute approximate surface area is 163 Å². The number of hydrogen-bond acceptors (Lipinski definition) is 4. The maximum Gasteiger partial charge on any atom is 0.277 e. The minimum absolute atomic E-state index is 0.0995. The fourth-order valence-electron chi connectivity index (χ4n) is 4.18. The van der Waals surface area contributed by atoms with Crippen LogP contribution in [0.4, 0.5) is 0 Å². The summed E-state index contributed by atoms with van der Waals surface area (Å²) in [5, 5.41) is 1.22. The fraction of sp³-hybridized carbons (Fsp3) is 0.550. The number of likely N-dealkylation sites (tertiary alicyclic amines) is 1. The number of nitrogens with one attached hydrogen (secondary N) is 1. The minimum Gasteiger partial charge on any atom is -0.339 e. The van der Waals surface area contributed by atoms with Crippen molar-refractivity contribution in [3.63, 3.8) is 0 Å². The summed E-state index contributed by atoms with van der Waals surface area (Å²) in [5.41, 5.74) is 1.09. The molecular formula is C20H27N4O2S+. The van der Waals surface area contributed by atoms with Crippen molar-refractivity contribution >= 4 is 33.4 Å². The average molecular weight is 388 g/mol. The van der Waals surface area contributed by atoms with E-state index in [4.69, 9.17) is 4.98 Å². The Morgan fingerprint density at radius 1 is 1.19 bits per heavy atom. The van der Waals surface area contributed by atoms with E-state index in [0.29, 0.717) is 38.6 Å². The number of nitrogens with zero attached hydrogens (tertiary/aromatic N) is 3. The number of rotatable bonds is 3. The molecule has 1 aromatic heterocycles. The molecule has 144 valence electrons. The third-order valence-electron chi connectivity index (χ3n) is 5.76. The molecule has 3 heterocycles. The van der Waals surface area contributed by atoms with Crippen molar-refractivity contribution < 1.29 is 14.5 Å². The van der Waals surface area contributed by atoms with Gasteiger partial charge in [-0.3, -0.25) is 9.59 Å². The van der Waals surface area contributed by atoms with E-state index in [-0.39, 0.29) is 11.8 Å². The van der Waals surface area contributed by atoms with E-state index in [1.165, 1.54) is 14.6 Å². The van der Waals surface area contributed by atoms with Gasteiger partial charge >= 0.3 is 0 Å². The van der Waals surface area contributed by atoms with E-state index in [1.54, 1.807) is 18.3 Å². The molecule has 2 amide bonds. The Bertz CT molecular complexity index is 795. The van der Waals surface area contributed by atoms with Crippen molar-refractivity contribution in [1.82, 2.24) is 14.8 Å². The number of piperidine rings is 1. The van der Waals surface area contributed by atoms with Gasteiger partial charge in [-0.05, 0) is 25.0 Å². The van der Waals surface area contributed by atoms with Crippen LogP contribution in [0.15, 0.2) is 24.3 Å². The Kier molecular flexibility index (Phi) is 5.41. The van der Waals surface area contributed by atoms with Gasteiger partial charge in [0.15, 0.2) is 6.54 Å². The van der Waals surface area contributed by atoms with Gasteiger partial charge < -0.3 is 14.7 Å². The monoisotopic (exact) mass is 387 g/mol. The van der Waals surface area contributed by atoms with Crippen LogP contribution >= 0.6 is 11.3 Å². The van der Waals surface area contributed by atoms with Gasteiger partial charge in [0, 0.05) is 33.1 Å². The molecule has 0 bridgehead atoms. The molecule has 1 N–H and O–H groups in total. The minimum atomic E-state index is 0.0995. The molecule has 2 aromatic rings. The number of aromatic nitrogens is 1. The summed E-state index contributed by atoms with van der Waals surface area (Å²) < 4.78 is 1.25. The number of fused-ring (bicyclic) bond motifs is 1. The maximum absolute atomic E-state index is 12.7. The molecule has 2 fully saturated rings. The number of hydrogen-bond donors (Lipinski definition) is 1. The second-order valence-electron chi connectivity index (χ2n) is 7.63. The zero-order valence-corrected chi connectivity index (χ0v) is 16.6. The zero-order valence-electron chi connectivity index (χ0n) is 15.8. The summed E-state index contributed by atoms with van der Waals surface area (Å²) in [7, 11) is 0. The summed E-state index contributed by atoms with van der Waals surface area (Å²) in [6.07, 6.45) is 2.30. The highest BCUT2D eigenvalue weighted by molar-refractivity contribution is 7.18. The Morgan fingerprint density at radius 3 is 2.67 bits per heavy atom. The summed E-state index contributed by atoms with van der Waals surface area (Å²) in [4.78, 5) is 34.1. The maximum atomic E-state index is 12.7.